The van der Waals surface area contributed by atoms with Crippen molar-refractivity contribution in [2.75, 3.05) is 18.1 Å². The molecular formula is C21H23N3O4S. The highest BCUT2D eigenvalue weighted by molar-refractivity contribution is 7.92. The van der Waals surface area contributed by atoms with Gasteiger partial charge in [0, 0.05) is 23.4 Å². The Bertz CT molecular complexity index is 1130. The number of carbonyl (C=O) groups is 1. The summed E-state index contributed by atoms with van der Waals surface area (Å²) in [4.78, 5) is 20.2. The van der Waals surface area contributed by atoms with E-state index in [1.54, 1.807) is 43.6 Å². The summed E-state index contributed by atoms with van der Waals surface area (Å²) in [6.45, 7) is 3.84. The Labute approximate surface area is 170 Å². The number of benzene rings is 1. The molecule has 1 unspecified atom stereocenters. The number of hydrogen-bond donors (Lipinski definition) is 2. The molecule has 2 N–H and O–H groups in total. The minimum atomic E-state index is -3.39. The highest BCUT2D eigenvalue weighted by atomic mass is 32.2. The minimum absolute atomic E-state index is 0.103. The number of ketones is 1. The predicted molar refractivity (Wildman–Crippen MR) is 112 cm³/mol. The molecule has 0 aliphatic rings. The van der Waals surface area contributed by atoms with Gasteiger partial charge in [-0.15, -0.1) is 0 Å². The zero-order valence-electron chi connectivity index (χ0n) is 16.7. The molecular weight excluding hydrogens is 390 g/mol. The van der Waals surface area contributed by atoms with Crippen LogP contribution in [0.15, 0.2) is 48.8 Å². The number of hydrogen-bond acceptors (Lipinski definition) is 5. The number of aromatic amines is 1. The molecule has 1 atom stereocenters. The van der Waals surface area contributed by atoms with E-state index in [2.05, 4.69) is 14.7 Å². The predicted octanol–water partition coefficient (Wildman–Crippen LogP) is 3.48. The first-order valence-electron chi connectivity index (χ1n) is 8.99. The summed E-state index contributed by atoms with van der Waals surface area (Å²) in [6, 6.07) is 10.6. The maximum absolute atomic E-state index is 12.9. The molecule has 0 bridgehead atoms. The Kier molecular flexibility index (Phi) is 5.74. The van der Waals surface area contributed by atoms with Gasteiger partial charge in [0.05, 0.1) is 30.9 Å². The monoisotopic (exact) mass is 413 g/mol. The lowest BCUT2D eigenvalue weighted by Gasteiger charge is -2.12. The van der Waals surface area contributed by atoms with Crippen LogP contribution >= 0.6 is 0 Å². The first kappa shape index (κ1) is 20.6. The third-order valence-electron chi connectivity index (χ3n) is 4.64. The number of nitrogens with one attached hydrogen (secondary N) is 2. The lowest BCUT2D eigenvalue weighted by molar-refractivity contribution is 0.103. The molecule has 0 aliphatic heterocycles. The van der Waals surface area contributed by atoms with Gasteiger partial charge in [-0.2, -0.15) is 0 Å². The van der Waals surface area contributed by atoms with Crippen LogP contribution in [0.25, 0.3) is 0 Å². The second-order valence-corrected chi connectivity index (χ2v) is 8.69. The Morgan fingerprint density at radius 3 is 2.48 bits per heavy atom. The number of aryl methyl sites for hydroxylation is 1. The standard InChI is InChI=1S/C21H23N3O4S/c1-13-9-19(14(2)16-10-17(12-22-11-16)24-29(4,26)27)23-20(13)21(25)15-5-7-18(28-3)8-6-15/h5-12,14,23-24H,1-4H3. The summed E-state index contributed by atoms with van der Waals surface area (Å²) in [5.41, 5.74) is 3.99. The molecule has 0 saturated carbocycles. The van der Waals surface area contributed by atoms with Crippen molar-refractivity contribution in [3.63, 3.8) is 0 Å². The Hall–Kier alpha value is -3.13. The fourth-order valence-corrected chi connectivity index (χ4v) is 3.62. The first-order valence-corrected chi connectivity index (χ1v) is 10.9. The molecule has 0 fully saturated rings. The van der Waals surface area contributed by atoms with E-state index in [4.69, 9.17) is 4.74 Å². The van der Waals surface area contributed by atoms with Gasteiger partial charge in [-0.05, 0) is 54.4 Å². The summed E-state index contributed by atoms with van der Waals surface area (Å²) in [6.07, 6.45) is 4.23. The molecule has 2 heterocycles. The van der Waals surface area contributed by atoms with Crippen molar-refractivity contribution in [2.45, 2.75) is 19.8 Å². The maximum Gasteiger partial charge on any atom is 0.229 e. The minimum Gasteiger partial charge on any atom is -0.497 e. The fraction of sp³-hybridized carbons (Fsp3) is 0.238. The molecule has 8 heteroatoms. The Morgan fingerprint density at radius 2 is 1.86 bits per heavy atom. The van der Waals surface area contributed by atoms with Gasteiger partial charge in [0.2, 0.25) is 15.8 Å². The molecule has 29 heavy (non-hydrogen) atoms. The number of nitrogens with zero attached hydrogens (tertiary/aromatic N) is 1. The fourth-order valence-electron chi connectivity index (χ4n) is 3.08. The Balaban J connectivity index is 1.87. The second-order valence-electron chi connectivity index (χ2n) is 6.94. The summed E-state index contributed by atoms with van der Waals surface area (Å²) in [7, 11) is -1.81. The average Bonchev–Trinajstić information content (AvgIpc) is 3.07. The molecule has 152 valence electrons. The van der Waals surface area contributed by atoms with Gasteiger partial charge in [0.25, 0.3) is 0 Å². The van der Waals surface area contributed by atoms with Gasteiger partial charge in [0.15, 0.2) is 0 Å². The molecule has 0 spiro atoms. The van der Waals surface area contributed by atoms with Gasteiger partial charge in [-0.3, -0.25) is 14.5 Å². The van der Waals surface area contributed by atoms with E-state index in [1.807, 2.05) is 19.9 Å². The molecule has 3 aromatic rings. The number of rotatable bonds is 7. The quantitative estimate of drug-likeness (QED) is 0.578. The van der Waals surface area contributed by atoms with Gasteiger partial charge in [-0.25, -0.2) is 8.42 Å². The lowest BCUT2D eigenvalue weighted by atomic mass is 9.99. The van der Waals surface area contributed by atoms with Crippen LogP contribution in [0.2, 0.25) is 0 Å². The van der Waals surface area contributed by atoms with Crippen LogP contribution in [0.5, 0.6) is 5.75 Å². The van der Waals surface area contributed by atoms with E-state index in [1.165, 1.54) is 6.20 Å². The van der Waals surface area contributed by atoms with E-state index in [9.17, 15) is 13.2 Å². The van der Waals surface area contributed by atoms with Crippen LogP contribution in [0, 0.1) is 6.92 Å². The lowest BCUT2D eigenvalue weighted by Crippen LogP contribution is -2.10. The van der Waals surface area contributed by atoms with Crippen molar-refractivity contribution in [3.8, 4) is 5.75 Å². The number of aromatic nitrogens is 2. The number of pyridine rings is 1. The van der Waals surface area contributed by atoms with Crippen LogP contribution in [0.4, 0.5) is 5.69 Å². The van der Waals surface area contributed by atoms with Crippen LogP contribution in [-0.2, 0) is 10.0 Å². The highest BCUT2D eigenvalue weighted by Crippen LogP contribution is 2.27. The van der Waals surface area contributed by atoms with E-state index in [0.29, 0.717) is 22.7 Å². The number of methoxy groups -OCH3 is 1. The summed E-state index contributed by atoms with van der Waals surface area (Å²) < 4.78 is 30.5. The van der Waals surface area contributed by atoms with Gasteiger partial charge < -0.3 is 9.72 Å². The zero-order valence-corrected chi connectivity index (χ0v) is 17.5. The van der Waals surface area contributed by atoms with Crippen molar-refractivity contribution in [1.82, 2.24) is 9.97 Å². The first-order chi connectivity index (χ1) is 13.7. The number of carbonyl (C=O) groups excluding carboxylic acids is 1. The normalized spacial score (nSPS) is 12.4. The van der Waals surface area contributed by atoms with Gasteiger partial charge in [0.1, 0.15) is 5.75 Å². The van der Waals surface area contributed by atoms with E-state index < -0.39 is 10.0 Å². The van der Waals surface area contributed by atoms with E-state index in [0.717, 1.165) is 23.1 Å². The number of H-pyrrole nitrogens is 1. The molecule has 0 saturated heterocycles. The topological polar surface area (TPSA) is 101 Å². The molecule has 3 rings (SSSR count). The molecule has 2 aromatic heterocycles. The van der Waals surface area contributed by atoms with Crippen molar-refractivity contribution >= 4 is 21.5 Å². The highest BCUT2D eigenvalue weighted by Gasteiger charge is 2.19. The van der Waals surface area contributed by atoms with Crippen molar-refractivity contribution in [1.29, 1.82) is 0 Å². The molecule has 0 aliphatic carbocycles. The third kappa shape index (κ3) is 4.83. The number of ether oxygens (including phenoxy) is 1. The third-order valence-corrected chi connectivity index (χ3v) is 5.25. The maximum atomic E-state index is 12.9. The summed E-state index contributed by atoms with van der Waals surface area (Å²) in [5.74, 6) is 0.475. The van der Waals surface area contributed by atoms with Crippen LogP contribution in [-0.4, -0.2) is 37.5 Å². The van der Waals surface area contributed by atoms with Crippen LogP contribution in [0.3, 0.4) is 0 Å². The Morgan fingerprint density at radius 1 is 1.17 bits per heavy atom. The smallest absolute Gasteiger partial charge is 0.229 e. The largest absolute Gasteiger partial charge is 0.497 e. The van der Waals surface area contributed by atoms with E-state index in [-0.39, 0.29) is 11.7 Å². The molecule has 0 amide bonds. The zero-order chi connectivity index (χ0) is 21.2. The van der Waals surface area contributed by atoms with Crippen molar-refractivity contribution in [2.24, 2.45) is 0 Å². The SMILES string of the molecule is COc1ccc(C(=O)c2[nH]c(C(C)c3cncc(NS(C)(=O)=O)c3)cc2C)cc1. The number of anilines is 1. The molecule has 7 nitrogen and oxygen atoms in total. The van der Waals surface area contributed by atoms with Crippen molar-refractivity contribution in [3.05, 3.63) is 76.9 Å². The van der Waals surface area contributed by atoms with Gasteiger partial charge in [-0.1, -0.05) is 6.92 Å². The molecule has 0 radical (unpaired) electrons. The second kappa shape index (κ2) is 8.08. The average molecular weight is 413 g/mol. The number of sulfonamides is 1. The van der Waals surface area contributed by atoms with E-state index >= 15 is 0 Å². The molecule has 1 aromatic carbocycles. The summed E-state index contributed by atoms with van der Waals surface area (Å²) in [5, 5.41) is 0. The van der Waals surface area contributed by atoms with Crippen LogP contribution < -0.4 is 9.46 Å². The van der Waals surface area contributed by atoms with Crippen molar-refractivity contribution < 1.29 is 17.9 Å². The van der Waals surface area contributed by atoms with Crippen LogP contribution in [0.1, 0.15) is 45.7 Å². The van der Waals surface area contributed by atoms with Gasteiger partial charge >= 0.3 is 0 Å². The summed E-state index contributed by atoms with van der Waals surface area (Å²) >= 11 is 0.